The van der Waals surface area contributed by atoms with Gasteiger partial charge in [-0.2, -0.15) is 0 Å². The van der Waals surface area contributed by atoms with Crippen molar-refractivity contribution in [1.29, 1.82) is 0 Å². The van der Waals surface area contributed by atoms with E-state index in [1.807, 2.05) is 37.5 Å². The molecule has 2 nitrogen and oxygen atoms in total. The molecule has 84 valence electrons. The first-order valence-corrected chi connectivity index (χ1v) is 5.37. The molecule has 1 atom stereocenters. The van der Waals surface area contributed by atoms with Crippen molar-refractivity contribution < 1.29 is 4.39 Å². The molecular weight excluding hydrogens is 203 g/mol. The summed E-state index contributed by atoms with van der Waals surface area (Å²) < 4.78 is 13.5. The summed E-state index contributed by atoms with van der Waals surface area (Å²) in [5, 5.41) is 3.28. The molecule has 0 saturated carbocycles. The average molecular weight is 218 g/mol. The van der Waals surface area contributed by atoms with Crippen LogP contribution in [0.1, 0.15) is 24.1 Å². The van der Waals surface area contributed by atoms with Gasteiger partial charge in [0.2, 0.25) is 0 Å². The van der Waals surface area contributed by atoms with Crippen LogP contribution >= 0.6 is 0 Å². The largest absolute Gasteiger partial charge is 0.367 e. The van der Waals surface area contributed by atoms with Crippen LogP contribution in [0.3, 0.4) is 0 Å². The minimum Gasteiger partial charge on any atom is -0.367 e. The molecule has 3 heteroatoms. The van der Waals surface area contributed by atoms with Crippen LogP contribution in [0.15, 0.2) is 42.7 Å². The summed E-state index contributed by atoms with van der Waals surface area (Å²) in [6.07, 6.45) is 3.81. The molecule has 1 heterocycles. The van der Waals surface area contributed by atoms with Crippen LogP contribution < -0.4 is 5.32 Å². The lowest BCUT2D eigenvalue weighted by molar-refractivity contribution is 0.528. The molecule has 0 aliphatic carbocycles. The van der Waals surface area contributed by atoms with Crippen LogP contribution in [-0.4, -0.2) is 4.98 Å². The van der Waals surface area contributed by atoms with E-state index >= 15 is 0 Å². The van der Waals surface area contributed by atoms with Gasteiger partial charge in [0.25, 0.3) is 0 Å². The third-order valence-corrected chi connectivity index (χ3v) is 2.65. The molecule has 0 fully saturated rings. The predicted molar refractivity (Wildman–Crippen MR) is 62.4 cm³/mol. The van der Waals surface area contributed by atoms with Gasteiger partial charge in [-0.05, 0) is 24.6 Å². The van der Waals surface area contributed by atoms with E-state index in [4.69, 9.17) is 0 Å². The van der Waals surface area contributed by atoms with Gasteiger partial charge in [0.05, 0.1) is 0 Å². The van der Waals surface area contributed by atoms with Gasteiger partial charge in [-0.3, -0.25) is 0 Å². The van der Waals surface area contributed by atoms with E-state index in [9.17, 15) is 4.39 Å². The number of rotatable bonds is 4. The molecule has 16 heavy (non-hydrogen) atoms. The van der Waals surface area contributed by atoms with Gasteiger partial charge in [-0.15, -0.1) is 0 Å². The summed E-state index contributed by atoms with van der Waals surface area (Å²) in [5.74, 6) is -0.156. The van der Waals surface area contributed by atoms with Crippen LogP contribution in [0.25, 0.3) is 0 Å². The molecule has 0 saturated heterocycles. The first-order valence-electron chi connectivity index (χ1n) is 5.37. The predicted octanol–water partition coefficient (Wildman–Crippen LogP) is 3.00. The van der Waals surface area contributed by atoms with Crippen LogP contribution in [0.5, 0.6) is 0 Å². The molecule has 0 amide bonds. The molecule has 0 aliphatic heterocycles. The standard InChI is InChI=1S/C13H15FN2/c1-10(12-4-2-3-5-13(12)14)16-9-11-6-7-15-8-11/h2-8,10,15-16H,9H2,1H3/t10-/m1/s1. The second-order valence-corrected chi connectivity index (χ2v) is 3.84. The summed E-state index contributed by atoms with van der Waals surface area (Å²) in [6.45, 7) is 2.70. The Balaban J connectivity index is 1.98. The summed E-state index contributed by atoms with van der Waals surface area (Å²) in [5.41, 5.74) is 1.88. The Kier molecular flexibility index (Phi) is 3.37. The van der Waals surface area contributed by atoms with Crippen molar-refractivity contribution in [3.8, 4) is 0 Å². The normalized spacial score (nSPS) is 12.6. The molecule has 0 radical (unpaired) electrons. The SMILES string of the molecule is C[C@@H](NCc1cc[nH]c1)c1ccccc1F. The third-order valence-electron chi connectivity index (χ3n) is 2.65. The van der Waals surface area contributed by atoms with E-state index in [2.05, 4.69) is 10.3 Å². The number of benzene rings is 1. The van der Waals surface area contributed by atoms with Crippen molar-refractivity contribution >= 4 is 0 Å². The minimum absolute atomic E-state index is 0.0103. The van der Waals surface area contributed by atoms with Crippen molar-refractivity contribution in [3.05, 3.63) is 59.7 Å². The molecule has 0 bridgehead atoms. The van der Waals surface area contributed by atoms with Crippen molar-refractivity contribution in [2.45, 2.75) is 19.5 Å². The van der Waals surface area contributed by atoms with Gasteiger partial charge in [0.1, 0.15) is 5.82 Å². The highest BCUT2D eigenvalue weighted by Crippen LogP contribution is 2.16. The zero-order chi connectivity index (χ0) is 11.4. The number of hydrogen-bond acceptors (Lipinski definition) is 1. The van der Waals surface area contributed by atoms with E-state index in [1.165, 1.54) is 11.6 Å². The number of nitrogens with one attached hydrogen (secondary N) is 2. The van der Waals surface area contributed by atoms with Crippen LogP contribution in [0.4, 0.5) is 4.39 Å². The number of H-pyrrole nitrogens is 1. The fourth-order valence-corrected chi connectivity index (χ4v) is 1.68. The molecular formula is C13H15FN2. The number of halogens is 1. The van der Waals surface area contributed by atoms with Gasteiger partial charge >= 0.3 is 0 Å². The molecule has 2 rings (SSSR count). The van der Waals surface area contributed by atoms with E-state index in [-0.39, 0.29) is 11.9 Å². The fraction of sp³-hybridized carbons (Fsp3) is 0.231. The molecule has 0 spiro atoms. The Labute approximate surface area is 94.5 Å². The maximum absolute atomic E-state index is 13.5. The Morgan fingerprint density at radius 2 is 2.12 bits per heavy atom. The Morgan fingerprint density at radius 1 is 1.31 bits per heavy atom. The third kappa shape index (κ3) is 2.49. The zero-order valence-corrected chi connectivity index (χ0v) is 9.20. The second kappa shape index (κ2) is 4.94. The smallest absolute Gasteiger partial charge is 0.127 e. The molecule has 1 aromatic heterocycles. The average Bonchev–Trinajstić information content (AvgIpc) is 2.79. The Hall–Kier alpha value is -1.61. The van der Waals surface area contributed by atoms with Crippen molar-refractivity contribution in [1.82, 2.24) is 10.3 Å². The van der Waals surface area contributed by atoms with Crippen LogP contribution in [0, 0.1) is 5.82 Å². The summed E-state index contributed by atoms with van der Waals surface area (Å²) in [6, 6.07) is 8.87. The van der Waals surface area contributed by atoms with Gasteiger partial charge in [0, 0.05) is 30.5 Å². The van der Waals surface area contributed by atoms with Crippen molar-refractivity contribution in [2.24, 2.45) is 0 Å². The lowest BCUT2D eigenvalue weighted by Crippen LogP contribution is -2.18. The summed E-state index contributed by atoms with van der Waals surface area (Å²) in [7, 11) is 0. The molecule has 2 aromatic rings. The highest BCUT2D eigenvalue weighted by molar-refractivity contribution is 5.20. The van der Waals surface area contributed by atoms with Crippen molar-refractivity contribution in [2.75, 3.05) is 0 Å². The van der Waals surface area contributed by atoms with Gasteiger partial charge < -0.3 is 10.3 Å². The van der Waals surface area contributed by atoms with E-state index < -0.39 is 0 Å². The number of aromatic amines is 1. The summed E-state index contributed by atoms with van der Waals surface area (Å²) in [4.78, 5) is 2.99. The lowest BCUT2D eigenvalue weighted by Gasteiger charge is -2.14. The summed E-state index contributed by atoms with van der Waals surface area (Å²) >= 11 is 0. The second-order valence-electron chi connectivity index (χ2n) is 3.84. The fourth-order valence-electron chi connectivity index (χ4n) is 1.68. The van der Waals surface area contributed by atoms with E-state index in [0.29, 0.717) is 5.56 Å². The first-order chi connectivity index (χ1) is 7.77. The van der Waals surface area contributed by atoms with Crippen molar-refractivity contribution in [3.63, 3.8) is 0 Å². The van der Waals surface area contributed by atoms with Gasteiger partial charge in [-0.1, -0.05) is 18.2 Å². The molecule has 0 aliphatic rings. The molecule has 1 aromatic carbocycles. The van der Waals surface area contributed by atoms with Crippen LogP contribution in [-0.2, 0) is 6.54 Å². The monoisotopic (exact) mass is 218 g/mol. The number of aromatic nitrogens is 1. The van der Waals surface area contributed by atoms with E-state index in [0.717, 1.165) is 6.54 Å². The van der Waals surface area contributed by atoms with Gasteiger partial charge in [-0.25, -0.2) is 4.39 Å². The first kappa shape index (κ1) is 10.9. The minimum atomic E-state index is -0.156. The maximum Gasteiger partial charge on any atom is 0.127 e. The Morgan fingerprint density at radius 3 is 2.81 bits per heavy atom. The van der Waals surface area contributed by atoms with Gasteiger partial charge in [0.15, 0.2) is 0 Å². The quantitative estimate of drug-likeness (QED) is 0.811. The molecule has 2 N–H and O–H groups in total. The number of hydrogen-bond donors (Lipinski definition) is 2. The topological polar surface area (TPSA) is 27.8 Å². The Bertz CT molecular complexity index is 437. The molecule has 0 unspecified atom stereocenters. The highest BCUT2D eigenvalue weighted by atomic mass is 19.1. The zero-order valence-electron chi connectivity index (χ0n) is 9.20. The van der Waals surface area contributed by atoms with Crippen LogP contribution in [0.2, 0.25) is 0 Å². The maximum atomic E-state index is 13.5. The highest BCUT2D eigenvalue weighted by Gasteiger charge is 2.09. The van der Waals surface area contributed by atoms with E-state index in [1.54, 1.807) is 6.07 Å². The lowest BCUT2D eigenvalue weighted by atomic mass is 10.1.